The molecule has 0 aliphatic rings. The molecule has 1 heterocycles. The molecule has 1 aromatic heterocycles. The summed E-state index contributed by atoms with van der Waals surface area (Å²) in [5.41, 5.74) is 1.91. The van der Waals surface area contributed by atoms with Gasteiger partial charge in [-0.1, -0.05) is 48.0 Å². The first-order chi connectivity index (χ1) is 7.25. The van der Waals surface area contributed by atoms with Crippen LogP contribution < -0.4 is 0 Å². The van der Waals surface area contributed by atoms with Gasteiger partial charge in [0.15, 0.2) is 0 Å². The van der Waals surface area contributed by atoms with Crippen molar-refractivity contribution in [3.8, 4) is 0 Å². The van der Waals surface area contributed by atoms with Gasteiger partial charge in [-0.25, -0.2) is 4.98 Å². The van der Waals surface area contributed by atoms with E-state index in [1.165, 1.54) is 0 Å². The highest BCUT2D eigenvalue weighted by Crippen LogP contribution is 2.15. The van der Waals surface area contributed by atoms with Crippen molar-refractivity contribution in [2.75, 3.05) is 0 Å². The Bertz CT molecular complexity index is 472. The predicted octanol–water partition coefficient (Wildman–Crippen LogP) is 3.54. The monoisotopic (exact) mass is 218 g/mol. The lowest BCUT2D eigenvalue weighted by Crippen LogP contribution is -1.73. The summed E-state index contributed by atoms with van der Waals surface area (Å²) in [7, 11) is 0. The second-order valence-electron chi connectivity index (χ2n) is 3.27. The number of hydrogen-bond donors (Lipinski definition) is 1. The van der Waals surface area contributed by atoms with E-state index in [1.54, 1.807) is 0 Å². The van der Waals surface area contributed by atoms with Gasteiger partial charge in [0.05, 0.1) is 0 Å². The Balaban J connectivity index is 2.22. The molecule has 0 spiro atoms. The standard InChI is InChI=1S/C12H11ClN2/c1-9-14-11(12(13)15-9)8-7-10-5-3-2-4-6-10/h2-8H,1H3,(H,14,15)/b8-7+. The van der Waals surface area contributed by atoms with Gasteiger partial charge in [-0.15, -0.1) is 0 Å². The molecule has 0 amide bonds. The van der Waals surface area contributed by atoms with Gasteiger partial charge in [0.25, 0.3) is 0 Å². The summed E-state index contributed by atoms with van der Waals surface area (Å²) >= 11 is 5.94. The minimum Gasteiger partial charge on any atom is -0.333 e. The van der Waals surface area contributed by atoms with Gasteiger partial charge in [-0.3, -0.25) is 0 Å². The molecule has 1 aromatic carbocycles. The summed E-state index contributed by atoms with van der Waals surface area (Å²) in [6, 6.07) is 10.0. The number of aromatic nitrogens is 2. The highest BCUT2D eigenvalue weighted by Gasteiger charge is 2.00. The van der Waals surface area contributed by atoms with Crippen LogP contribution in [0.4, 0.5) is 0 Å². The van der Waals surface area contributed by atoms with Crippen LogP contribution in [0.25, 0.3) is 12.2 Å². The molecule has 2 rings (SSSR count). The van der Waals surface area contributed by atoms with Gasteiger partial charge >= 0.3 is 0 Å². The average molecular weight is 219 g/mol. The Kier molecular flexibility index (Phi) is 2.88. The van der Waals surface area contributed by atoms with Crippen LogP contribution in [0.5, 0.6) is 0 Å². The van der Waals surface area contributed by atoms with Crippen molar-refractivity contribution in [3.05, 3.63) is 52.6 Å². The largest absolute Gasteiger partial charge is 0.333 e. The van der Waals surface area contributed by atoms with Gasteiger partial charge in [-0.2, -0.15) is 0 Å². The van der Waals surface area contributed by atoms with Crippen molar-refractivity contribution >= 4 is 23.8 Å². The Morgan fingerprint density at radius 2 is 1.93 bits per heavy atom. The van der Waals surface area contributed by atoms with Crippen molar-refractivity contribution in [1.82, 2.24) is 9.97 Å². The Hall–Kier alpha value is -1.54. The number of hydrogen-bond acceptors (Lipinski definition) is 1. The summed E-state index contributed by atoms with van der Waals surface area (Å²) in [4.78, 5) is 7.20. The first kappa shape index (κ1) is 9.99. The molecule has 0 radical (unpaired) electrons. The van der Waals surface area contributed by atoms with E-state index in [-0.39, 0.29) is 0 Å². The van der Waals surface area contributed by atoms with Gasteiger partial charge in [0.2, 0.25) is 0 Å². The van der Waals surface area contributed by atoms with Crippen LogP contribution in [0.1, 0.15) is 17.1 Å². The van der Waals surface area contributed by atoms with Crippen molar-refractivity contribution in [3.63, 3.8) is 0 Å². The minimum absolute atomic E-state index is 0.583. The van der Waals surface area contributed by atoms with Crippen molar-refractivity contribution in [1.29, 1.82) is 0 Å². The zero-order valence-corrected chi connectivity index (χ0v) is 9.12. The fraction of sp³-hybridized carbons (Fsp3) is 0.0833. The molecule has 2 aromatic rings. The topological polar surface area (TPSA) is 28.7 Å². The number of halogens is 1. The summed E-state index contributed by atoms with van der Waals surface area (Å²) in [5.74, 6) is 0.827. The predicted molar refractivity (Wildman–Crippen MR) is 63.7 cm³/mol. The second kappa shape index (κ2) is 4.32. The first-order valence-corrected chi connectivity index (χ1v) is 5.09. The van der Waals surface area contributed by atoms with Crippen LogP contribution >= 0.6 is 11.6 Å². The molecule has 0 saturated heterocycles. The SMILES string of the molecule is Cc1nc(/C=C/c2ccccc2)c(Cl)[nH]1. The molecule has 3 heteroatoms. The number of imidazole rings is 1. The van der Waals surface area contributed by atoms with Crippen LogP contribution in [-0.4, -0.2) is 9.97 Å². The molecular formula is C12H11ClN2. The van der Waals surface area contributed by atoms with E-state index in [9.17, 15) is 0 Å². The van der Waals surface area contributed by atoms with Crippen LogP contribution in [0.3, 0.4) is 0 Å². The molecule has 0 unspecified atom stereocenters. The van der Waals surface area contributed by atoms with Crippen LogP contribution in [0.2, 0.25) is 5.15 Å². The third kappa shape index (κ3) is 2.48. The molecule has 76 valence electrons. The average Bonchev–Trinajstić information content (AvgIpc) is 2.56. The summed E-state index contributed by atoms with van der Waals surface area (Å²) in [5, 5.41) is 0.583. The highest BCUT2D eigenvalue weighted by atomic mass is 35.5. The lowest BCUT2D eigenvalue weighted by atomic mass is 10.2. The number of H-pyrrole nitrogens is 1. The Labute approximate surface area is 93.6 Å². The quantitative estimate of drug-likeness (QED) is 0.821. The minimum atomic E-state index is 0.583. The van der Waals surface area contributed by atoms with Gasteiger partial charge < -0.3 is 4.98 Å². The van der Waals surface area contributed by atoms with Crippen molar-refractivity contribution in [2.45, 2.75) is 6.92 Å². The van der Waals surface area contributed by atoms with Crippen molar-refractivity contribution < 1.29 is 0 Å². The maximum absolute atomic E-state index is 5.94. The zero-order chi connectivity index (χ0) is 10.7. The molecule has 0 fully saturated rings. The molecule has 0 bridgehead atoms. The highest BCUT2D eigenvalue weighted by molar-refractivity contribution is 6.30. The van der Waals surface area contributed by atoms with Crippen LogP contribution in [0.15, 0.2) is 30.3 Å². The molecule has 0 aliphatic carbocycles. The number of aryl methyl sites for hydroxylation is 1. The van der Waals surface area contributed by atoms with Gasteiger partial charge in [0, 0.05) is 0 Å². The number of nitrogens with zero attached hydrogens (tertiary/aromatic N) is 1. The van der Waals surface area contributed by atoms with E-state index < -0.39 is 0 Å². The number of aromatic amines is 1. The lowest BCUT2D eigenvalue weighted by Gasteiger charge is -1.90. The summed E-state index contributed by atoms with van der Waals surface area (Å²) in [6.45, 7) is 1.88. The molecule has 2 nitrogen and oxygen atoms in total. The lowest BCUT2D eigenvalue weighted by molar-refractivity contribution is 1.15. The molecule has 15 heavy (non-hydrogen) atoms. The number of benzene rings is 1. The molecule has 0 saturated carbocycles. The van der Waals surface area contributed by atoms with E-state index in [2.05, 4.69) is 9.97 Å². The van der Waals surface area contributed by atoms with E-state index in [0.29, 0.717) is 5.15 Å². The normalized spacial score (nSPS) is 11.1. The summed E-state index contributed by atoms with van der Waals surface area (Å²) in [6.07, 6.45) is 3.89. The Morgan fingerprint density at radius 1 is 1.20 bits per heavy atom. The number of rotatable bonds is 2. The van der Waals surface area contributed by atoms with Crippen LogP contribution in [0, 0.1) is 6.92 Å². The van der Waals surface area contributed by atoms with Crippen LogP contribution in [-0.2, 0) is 0 Å². The van der Waals surface area contributed by atoms with E-state index in [4.69, 9.17) is 11.6 Å². The third-order valence-electron chi connectivity index (χ3n) is 2.04. The van der Waals surface area contributed by atoms with E-state index in [1.807, 2.05) is 49.4 Å². The smallest absolute Gasteiger partial charge is 0.133 e. The first-order valence-electron chi connectivity index (χ1n) is 4.71. The van der Waals surface area contributed by atoms with Crippen molar-refractivity contribution in [2.24, 2.45) is 0 Å². The molecule has 1 N–H and O–H groups in total. The molecule has 0 atom stereocenters. The maximum Gasteiger partial charge on any atom is 0.133 e. The number of nitrogens with one attached hydrogen (secondary N) is 1. The van der Waals surface area contributed by atoms with Gasteiger partial charge in [0.1, 0.15) is 16.7 Å². The van der Waals surface area contributed by atoms with E-state index in [0.717, 1.165) is 17.1 Å². The maximum atomic E-state index is 5.94. The van der Waals surface area contributed by atoms with Gasteiger partial charge in [-0.05, 0) is 18.6 Å². The summed E-state index contributed by atoms with van der Waals surface area (Å²) < 4.78 is 0. The second-order valence-corrected chi connectivity index (χ2v) is 3.64. The fourth-order valence-electron chi connectivity index (χ4n) is 1.33. The van der Waals surface area contributed by atoms with E-state index >= 15 is 0 Å². The molecule has 0 aliphatic heterocycles. The fourth-order valence-corrected chi connectivity index (χ4v) is 1.57. The Morgan fingerprint density at radius 3 is 2.53 bits per heavy atom. The third-order valence-corrected chi connectivity index (χ3v) is 2.33. The zero-order valence-electron chi connectivity index (χ0n) is 8.37. The molecular weight excluding hydrogens is 208 g/mol.